The molecule has 2 aromatic carbocycles. The van der Waals surface area contributed by atoms with Gasteiger partial charge in [-0.3, -0.25) is 4.90 Å². The van der Waals surface area contributed by atoms with Crippen LogP contribution in [0.3, 0.4) is 0 Å². The highest BCUT2D eigenvalue weighted by atomic mass is 19.1. The molecule has 3 N–H and O–H groups in total. The molecule has 40 heavy (non-hydrogen) atoms. The molecular weight excluding hydrogens is 509 g/mol. The Morgan fingerprint density at radius 2 is 1.93 bits per heavy atom. The lowest BCUT2D eigenvalue weighted by molar-refractivity contribution is -0.0311. The van der Waals surface area contributed by atoms with Gasteiger partial charge in [0.05, 0.1) is 18.0 Å². The van der Waals surface area contributed by atoms with E-state index in [0.29, 0.717) is 47.2 Å². The average Bonchev–Trinajstić information content (AvgIpc) is 3.60. The predicted octanol–water partition coefficient (Wildman–Crippen LogP) is 3.96. The molecule has 208 valence electrons. The van der Waals surface area contributed by atoms with Gasteiger partial charge in [0.2, 0.25) is 0 Å². The van der Waals surface area contributed by atoms with E-state index in [9.17, 15) is 15.3 Å². The van der Waals surface area contributed by atoms with Crippen molar-refractivity contribution in [2.45, 2.75) is 56.4 Å². The lowest BCUT2D eigenvalue weighted by Gasteiger charge is -2.38. The summed E-state index contributed by atoms with van der Waals surface area (Å²) in [5.74, 6) is -0.0641. The molecule has 1 saturated heterocycles. The first-order valence-electron chi connectivity index (χ1n) is 14.1. The van der Waals surface area contributed by atoms with E-state index in [2.05, 4.69) is 30.0 Å². The number of aliphatic hydroxyl groups is 3. The summed E-state index contributed by atoms with van der Waals surface area (Å²) in [7, 11) is 0. The van der Waals surface area contributed by atoms with E-state index in [0.717, 1.165) is 31.5 Å². The summed E-state index contributed by atoms with van der Waals surface area (Å²) >= 11 is 0. The Bertz CT molecular complexity index is 1590. The summed E-state index contributed by atoms with van der Waals surface area (Å²) in [4.78, 5) is 8.79. The second-order valence-electron chi connectivity index (χ2n) is 11.6. The van der Waals surface area contributed by atoms with Gasteiger partial charge in [-0.1, -0.05) is 24.3 Å². The van der Waals surface area contributed by atoms with Crippen LogP contribution in [0.4, 0.5) is 10.1 Å². The summed E-state index contributed by atoms with van der Waals surface area (Å²) in [6, 6.07) is 17.2. The summed E-state index contributed by atoms with van der Waals surface area (Å²) in [5, 5.41) is 36.1. The minimum atomic E-state index is -1.15. The summed E-state index contributed by atoms with van der Waals surface area (Å²) < 4.78 is 17.2. The molecule has 7 rings (SSSR count). The molecule has 0 spiro atoms. The van der Waals surface area contributed by atoms with Gasteiger partial charge in [-0.25, -0.2) is 13.9 Å². The van der Waals surface area contributed by atoms with Crippen molar-refractivity contribution in [1.82, 2.24) is 19.5 Å². The Labute approximate surface area is 232 Å². The first-order chi connectivity index (χ1) is 19.3. The zero-order valence-electron chi connectivity index (χ0n) is 22.5. The summed E-state index contributed by atoms with van der Waals surface area (Å²) in [5.41, 5.74) is 5.10. The molecule has 9 heteroatoms. The van der Waals surface area contributed by atoms with Gasteiger partial charge >= 0.3 is 0 Å². The first kappa shape index (κ1) is 25.6. The van der Waals surface area contributed by atoms with Crippen LogP contribution >= 0.6 is 0 Å². The highest BCUT2D eigenvalue weighted by Gasteiger charge is 2.36. The monoisotopic (exact) mass is 543 g/mol. The molecule has 0 bridgehead atoms. The van der Waals surface area contributed by atoms with Crippen LogP contribution < -0.4 is 4.90 Å². The number of rotatable bonds is 6. The Morgan fingerprint density at radius 3 is 2.67 bits per heavy atom. The smallest absolute Gasteiger partial charge is 0.156 e. The molecule has 0 radical (unpaired) electrons. The van der Waals surface area contributed by atoms with Crippen molar-refractivity contribution in [2.75, 3.05) is 31.1 Å². The summed E-state index contributed by atoms with van der Waals surface area (Å²) in [6.45, 7) is 3.35. The van der Waals surface area contributed by atoms with Crippen molar-refractivity contribution in [2.24, 2.45) is 0 Å². The first-order valence-corrected chi connectivity index (χ1v) is 14.1. The number of aromatic nitrogens is 3. The van der Waals surface area contributed by atoms with E-state index in [1.807, 2.05) is 23.1 Å². The zero-order valence-corrected chi connectivity index (χ0v) is 22.5. The topological polar surface area (TPSA) is 97.4 Å². The number of hydrogen-bond donors (Lipinski definition) is 3. The summed E-state index contributed by atoms with van der Waals surface area (Å²) in [6.07, 6.45) is 2.55. The largest absolute Gasteiger partial charge is 0.393 e. The molecule has 1 aliphatic carbocycles. The minimum absolute atomic E-state index is 0.0550. The second kappa shape index (κ2) is 9.62. The number of nitrogens with zero attached hydrogens (tertiary/aromatic N) is 5. The fraction of sp³-hybridized carbons (Fsp3) is 0.419. The molecule has 0 amide bonds. The van der Waals surface area contributed by atoms with E-state index in [1.165, 1.54) is 17.2 Å². The highest BCUT2D eigenvalue weighted by molar-refractivity contribution is 5.68. The zero-order chi connectivity index (χ0) is 27.6. The maximum atomic E-state index is 15.4. The molecule has 8 nitrogen and oxygen atoms in total. The molecular formula is C31H34FN5O3. The van der Waals surface area contributed by atoms with Crippen molar-refractivity contribution < 1.29 is 19.7 Å². The van der Waals surface area contributed by atoms with Gasteiger partial charge in [0.1, 0.15) is 11.4 Å². The number of anilines is 1. The van der Waals surface area contributed by atoms with Gasteiger partial charge in [0.25, 0.3) is 0 Å². The number of benzene rings is 2. The van der Waals surface area contributed by atoms with Crippen LogP contribution in [0.15, 0.2) is 54.6 Å². The molecule has 1 saturated carbocycles. The molecule has 4 aromatic rings. The van der Waals surface area contributed by atoms with E-state index in [-0.39, 0.29) is 19.2 Å². The van der Waals surface area contributed by atoms with E-state index < -0.39 is 17.6 Å². The maximum absolute atomic E-state index is 15.4. The molecule has 2 aliphatic heterocycles. The Morgan fingerprint density at radius 1 is 1.10 bits per heavy atom. The lowest BCUT2D eigenvalue weighted by atomic mass is 9.93. The quantitative estimate of drug-likeness (QED) is 0.339. The van der Waals surface area contributed by atoms with Crippen LogP contribution in [-0.2, 0) is 6.42 Å². The third-order valence-corrected chi connectivity index (χ3v) is 8.91. The number of halogens is 1. The second-order valence-corrected chi connectivity index (χ2v) is 11.6. The molecule has 4 heterocycles. The van der Waals surface area contributed by atoms with Crippen LogP contribution in [0.5, 0.6) is 0 Å². The number of β-amino-alcohol motifs (C(OH)–C–C–N with tert-alkyl or cyclic N) is 1. The van der Waals surface area contributed by atoms with Gasteiger partial charge in [-0.15, -0.1) is 0 Å². The number of fused-ring (bicyclic) bond motifs is 2. The molecule has 2 aromatic heterocycles. The minimum Gasteiger partial charge on any atom is -0.393 e. The normalized spacial score (nSPS) is 24.0. The van der Waals surface area contributed by atoms with Crippen LogP contribution in [0, 0.1) is 5.82 Å². The van der Waals surface area contributed by atoms with E-state index >= 15 is 4.39 Å². The van der Waals surface area contributed by atoms with Crippen LogP contribution in [0.1, 0.15) is 66.9 Å². The van der Waals surface area contributed by atoms with Gasteiger partial charge < -0.3 is 20.2 Å². The van der Waals surface area contributed by atoms with Crippen molar-refractivity contribution in [3.63, 3.8) is 0 Å². The molecule has 2 fully saturated rings. The van der Waals surface area contributed by atoms with Gasteiger partial charge in [-0.05, 0) is 68.0 Å². The van der Waals surface area contributed by atoms with Crippen molar-refractivity contribution >= 4 is 11.3 Å². The lowest BCUT2D eigenvalue weighted by Crippen LogP contribution is -2.37. The highest BCUT2D eigenvalue weighted by Crippen LogP contribution is 2.42. The molecule has 3 aliphatic rings. The third-order valence-electron chi connectivity index (χ3n) is 8.91. The number of hydrogen-bond acceptors (Lipinski definition) is 7. The standard InChI is InChI=1S/C31H34FN5O3/c1-19-23-5-3-2-4-20(23)10-12-36(19)30(39)27-15-28(21-6-7-21)37-29(33-27)16-26(34-37)24-9-8-22(14-25(24)32)35-13-11-31(40,17-35)18-38/h2-5,8-9,14-16,19,21,30,38-40H,6-7,10-13,17-18H2,1H3/t19-,30?,31?/m1/s1. The fourth-order valence-corrected chi connectivity index (χ4v) is 6.36. The SMILES string of the molecule is C[C@@H]1c2ccccc2CCN1C(O)c1cc(C2CC2)n2nc(-c3ccc(N4CCC(O)(CO)C4)cc3F)cc2n1. The Hall–Kier alpha value is -3.37. The number of aliphatic hydroxyl groups excluding tert-OH is 2. The third kappa shape index (κ3) is 4.37. The van der Waals surface area contributed by atoms with Crippen LogP contribution in [0.25, 0.3) is 16.9 Å². The predicted molar refractivity (Wildman–Crippen MR) is 149 cm³/mol. The van der Waals surface area contributed by atoms with Crippen LogP contribution in [-0.4, -0.2) is 66.7 Å². The van der Waals surface area contributed by atoms with Crippen LogP contribution in [0.2, 0.25) is 0 Å². The van der Waals surface area contributed by atoms with Crippen molar-refractivity contribution in [3.8, 4) is 11.3 Å². The van der Waals surface area contributed by atoms with Gasteiger partial charge in [0.15, 0.2) is 11.9 Å². The Kier molecular flexibility index (Phi) is 6.16. The Balaban J connectivity index is 1.21. The van der Waals surface area contributed by atoms with Gasteiger partial charge in [0, 0.05) is 54.6 Å². The fourth-order valence-electron chi connectivity index (χ4n) is 6.36. The average molecular weight is 544 g/mol. The van der Waals surface area contributed by atoms with E-state index in [4.69, 9.17) is 10.1 Å². The van der Waals surface area contributed by atoms with Gasteiger partial charge in [-0.2, -0.15) is 5.10 Å². The molecule has 2 unspecified atom stereocenters. The maximum Gasteiger partial charge on any atom is 0.156 e. The molecule has 3 atom stereocenters. The van der Waals surface area contributed by atoms with Crippen molar-refractivity contribution in [1.29, 1.82) is 0 Å². The van der Waals surface area contributed by atoms with Crippen molar-refractivity contribution in [3.05, 3.63) is 82.9 Å². The van der Waals surface area contributed by atoms with E-state index in [1.54, 1.807) is 16.6 Å².